The van der Waals surface area contributed by atoms with Crippen LogP contribution in [0.3, 0.4) is 0 Å². The molecule has 1 amide bonds. The number of hydrogen-bond acceptors (Lipinski definition) is 8. The molecule has 0 bridgehead atoms. The van der Waals surface area contributed by atoms with Crippen molar-refractivity contribution < 1.29 is 19.1 Å². The number of methoxy groups -OCH3 is 2. The number of unbranched alkanes of at least 4 members (excludes halogenated alkanes) is 2. The predicted molar refractivity (Wildman–Crippen MR) is 160 cm³/mol. The van der Waals surface area contributed by atoms with Crippen LogP contribution in [-0.4, -0.2) is 47.8 Å². The molecule has 2 aromatic heterocycles. The summed E-state index contributed by atoms with van der Waals surface area (Å²) in [4.78, 5) is 42.8. The molecular weight excluding hydrogens is 546 g/mol. The van der Waals surface area contributed by atoms with Gasteiger partial charge in [0, 0.05) is 25.1 Å². The van der Waals surface area contributed by atoms with E-state index < -0.39 is 0 Å². The summed E-state index contributed by atoms with van der Waals surface area (Å²) < 4.78 is 12.9. The fourth-order valence-electron chi connectivity index (χ4n) is 4.27. The van der Waals surface area contributed by atoms with E-state index in [1.807, 2.05) is 47.8 Å². The minimum Gasteiger partial charge on any atom is -0.493 e. The number of Topliss-reactive ketones (excluding diaryl/α,β-unsaturated/α-hetero) is 1. The van der Waals surface area contributed by atoms with Crippen LogP contribution in [0.1, 0.15) is 41.6 Å². The minimum atomic E-state index is -0.0810. The summed E-state index contributed by atoms with van der Waals surface area (Å²) in [5.74, 6) is 1.55. The van der Waals surface area contributed by atoms with Crippen LogP contribution < -0.4 is 20.3 Å². The zero-order valence-electron chi connectivity index (χ0n) is 22.7. The van der Waals surface area contributed by atoms with E-state index in [9.17, 15) is 14.4 Å². The van der Waals surface area contributed by atoms with E-state index in [-0.39, 0.29) is 23.0 Å². The van der Waals surface area contributed by atoms with Gasteiger partial charge in [0.05, 0.1) is 25.5 Å². The molecule has 0 aliphatic rings. The maximum atomic E-state index is 13.2. The molecule has 1 N–H and O–H groups in total. The molecule has 8 nitrogen and oxygen atoms in total. The second-order valence-corrected chi connectivity index (χ2v) is 11.0. The van der Waals surface area contributed by atoms with Crippen molar-refractivity contribution in [2.45, 2.75) is 43.8 Å². The molecule has 10 heteroatoms. The number of thiophene rings is 1. The fraction of sp³-hybridized carbons (Fsp3) is 0.333. The van der Waals surface area contributed by atoms with Crippen LogP contribution in [0, 0.1) is 0 Å². The number of thioether (sulfide) groups is 1. The molecule has 0 saturated carbocycles. The first-order chi connectivity index (χ1) is 19.5. The first kappa shape index (κ1) is 29.4. The van der Waals surface area contributed by atoms with E-state index in [1.54, 1.807) is 30.9 Å². The lowest BCUT2D eigenvalue weighted by Gasteiger charge is -2.12. The summed E-state index contributed by atoms with van der Waals surface area (Å²) in [6.45, 7) is 1.03. The van der Waals surface area contributed by atoms with Crippen molar-refractivity contribution in [1.29, 1.82) is 0 Å². The summed E-state index contributed by atoms with van der Waals surface area (Å²) in [6.07, 6.45) is 3.37. The molecule has 0 unspecified atom stereocenters. The summed E-state index contributed by atoms with van der Waals surface area (Å²) in [7, 11) is 3.20. The second-order valence-electron chi connectivity index (χ2n) is 9.16. The van der Waals surface area contributed by atoms with E-state index >= 15 is 0 Å². The quantitative estimate of drug-likeness (QED) is 0.0875. The first-order valence-corrected chi connectivity index (χ1v) is 15.0. The molecule has 0 spiro atoms. The SMILES string of the molecule is COc1ccc(CCNC(=O)CCCCCn2c(SCC(=O)c3ccccc3)nc3ccsc3c2=O)cc1OC. The van der Waals surface area contributed by atoms with Gasteiger partial charge in [0.1, 0.15) is 4.70 Å². The summed E-state index contributed by atoms with van der Waals surface area (Å²) >= 11 is 2.67. The van der Waals surface area contributed by atoms with Crippen LogP contribution in [0.25, 0.3) is 10.2 Å². The molecule has 0 atom stereocenters. The Hall–Kier alpha value is -3.63. The Morgan fingerprint density at radius 2 is 1.80 bits per heavy atom. The van der Waals surface area contributed by atoms with Gasteiger partial charge in [-0.2, -0.15) is 0 Å². The maximum absolute atomic E-state index is 13.2. The van der Waals surface area contributed by atoms with Crippen molar-refractivity contribution in [2.24, 2.45) is 0 Å². The monoisotopic (exact) mass is 579 g/mol. The van der Waals surface area contributed by atoms with Gasteiger partial charge in [-0.05, 0) is 48.4 Å². The zero-order valence-corrected chi connectivity index (χ0v) is 24.3. The standard InChI is InChI=1S/C30H33N3O5S2/c1-37-25-13-12-21(19-26(25)38-2)14-16-31-27(35)11-7-4-8-17-33-29(36)28-23(15-18-39-28)32-30(33)40-20-24(34)22-9-5-3-6-10-22/h3,5-6,9-10,12-13,15,18-19H,4,7-8,11,14,16-17,20H2,1-2H3,(H,31,35). The van der Waals surface area contributed by atoms with Gasteiger partial charge in [-0.15, -0.1) is 11.3 Å². The van der Waals surface area contributed by atoms with Gasteiger partial charge in [0.2, 0.25) is 5.91 Å². The third-order valence-electron chi connectivity index (χ3n) is 6.43. The third kappa shape index (κ3) is 7.73. The van der Waals surface area contributed by atoms with E-state index in [4.69, 9.17) is 9.47 Å². The first-order valence-electron chi connectivity index (χ1n) is 13.2. The Kier molecular flexibility index (Phi) is 10.8. The van der Waals surface area contributed by atoms with Crippen LogP contribution in [0.2, 0.25) is 0 Å². The number of fused-ring (bicyclic) bond motifs is 1. The van der Waals surface area contributed by atoms with Crippen LogP contribution in [0.4, 0.5) is 0 Å². The lowest BCUT2D eigenvalue weighted by molar-refractivity contribution is -0.121. The Bertz CT molecular complexity index is 1500. The van der Waals surface area contributed by atoms with Gasteiger partial charge in [-0.25, -0.2) is 4.98 Å². The van der Waals surface area contributed by atoms with Crippen LogP contribution in [0.15, 0.2) is 69.9 Å². The number of aromatic nitrogens is 2. The number of rotatable bonds is 15. The van der Waals surface area contributed by atoms with E-state index in [2.05, 4.69) is 10.3 Å². The van der Waals surface area contributed by atoms with E-state index in [0.717, 1.165) is 24.8 Å². The van der Waals surface area contributed by atoms with Crippen molar-refractivity contribution in [3.8, 4) is 11.5 Å². The summed E-state index contributed by atoms with van der Waals surface area (Å²) in [5, 5.41) is 5.38. The van der Waals surface area contributed by atoms with Gasteiger partial charge in [-0.1, -0.05) is 54.6 Å². The number of benzene rings is 2. The molecule has 4 aromatic rings. The van der Waals surface area contributed by atoms with E-state index in [0.29, 0.717) is 58.4 Å². The molecular formula is C30H33N3O5S2. The van der Waals surface area contributed by atoms with Crippen molar-refractivity contribution in [3.63, 3.8) is 0 Å². The lowest BCUT2D eigenvalue weighted by Crippen LogP contribution is -2.25. The van der Waals surface area contributed by atoms with Gasteiger partial charge < -0.3 is 14.8 Å². The largest absolute Gasteiger partial charge is 0.493 e. The molecule has 0 saturated heterocycles. The van der Waals surface area contributed by atoms with Crippen LogP contribution >= 0.6 is 23.1 Å². The normalized spacial score (nSPS) is 10.9. The minimum absolute atomic E-state index is 0.00560. The van der Waals surface area contributed by atoms with Gasteiger partial charge in [0.15, 0.2) is 22.4 Å². The Morgan fingerprint density at radius 1 is 1.00 bits per heavy atom. The zero-order chi connectivity index (χ0) is 28.3. The molecule has 210 valence electrons. The number of ether oxygens (including phenoxy) is 2. The lowest BCUT2D eigenvalue weighted by atomic mass is 10.1. The highest BCUT2D eigenvalue weighted by Crippen LogP contribution is 2.27. The Labute approximate surface area is 241 Å². The second kappa shape index (κ2) is 14.7. The molecule has 0 radical (unpaired) electrons. The number of nitrogens with zero attached hydrogens (tertiary/aromatic N) is 2. The Balaban J connectivity index is 1.24. The fourth-order valence-corrected chi connectivity index (χ4v) is 5.97. The average Bonchev–Trinajstić information content (AvgIpc) is 3.46. The van der Waals surface area contributed by atoms with Gasteiger partial charge in [-0.3, -0.25) is 19.0 Å². The molecule has 0 fully saturated rings. The third-order valence-corrected chi connectivity index (χ3v) is 8.30. The topological polar surface area (TPSA) is 99.5 Å². The van der Waals surface area contributed by atoms with Gasteiger partial charge >= 0.3 is 0 Å². The van der Waals surface area contributed by atoms with E-state index in [1.165, 1.54) is 23.1 Å². The molecule has 4 rings (SSSR count). The number of carbonyl (C=O) groups excluding carboxylic acids is 2. The van der Waals surface area contributed by atoms with Crippen LogP contribution in [0.5, 0.6) is 11.5 Å². The number of ketones is 1. The number of hydrogen-bond donors (Lipinski definition) is 1. The number of nitrogens with one attached hydrogen (secondary N) is 1. The van der Waals surface area contributed by atoms with Crippen molar-refractivity contribution in [2.75, 3.05) is 26.5 Å². The maximum Gasteiger partial charge on any atom is 0.272 e. The molecule has 2 aromatic carbocycles. The van der Waals surface area contributed by atoms with Crippen molar-refractivity contribution in [1.82, 2.24) is 14.9 Å². The highest BCUT2D eigenvalue weighted by molar-refractivity contribution is 7.99. The number of carbonyl (C=O) groups is 2. The van der Waals surface area contributed by atoms with Gasteiger partial charge in [0.25, 0.3) is 5.56 Å². The van der Waals surface area contributed by atoms with Crippen LogP contribution in [-0.2, 0) is 17.8 Å². The Morgan fingerprint density at radius 3 is 2.58 bits per heavy atom. The molecule has 0 aliphatic heterocycles. The molecule has 2 heterocycles. The number of amides is 1. The average molecular weight is 580 g/mol. The van der Waals surface area contributed by atoms with Crippen molar-refractivity contribution >= 4 is 45.0 Å². The molecule has 0 aliphatic carbocycles. The summed E-state index contributed by atoms with van der Waals surface area (Å²) in [5.41, 5.74) is 2.27. The molecule has 40 heavy (non-hydrogen) atoms. The highest BCUT2D eigenvalue weighted by Gasteiger charge is 2.15. The summed E-state index contributed by atoms with van der Waals surface area (Å²) in [6, 6.07) is 16.7. The smallest absolute Gasteiger partial charge is 0.272 e. The highest BCUT2D eigenvalue weighted by atomic mass is 32.2. The van der Waals surface area contributed by atoms with Crippen molar-refractivity contribution in [3.05, 3.63) is 81.5 Å². The predicted octanol–water partition coefficient (Wildman–Crippen LogP) is 5.37.